The van der Waals surface area contributed by atoms with Gasteiger partial charge in [0.1, 0.15) is 5.75 Å². The second-order valence-corrected chi connectivity index (χ2v) is 6.60. The Balaban J connectivity index is 1.96. The third kappa shape index (κ3) is 5.59. The fourth-order valence-corrected chi connectivity index (χ4v) is 2.76. The summed E-state index contributed by atoms with van der Waals surface area (Å²) in [6, 6.07) is 4.83. The first kappa shape index (κ1) is 23.6. The lowest BCUT2D eigenvalue weighted by molar-refractivity contribution is -0.157. The normalized spacial score (nSPS) is 14.7. The van der Waals surface area contributed by atoms with Gasteiger partial charge in [0.2, 0.25) is 11.5 Å². The number of ether oxygens (including phenoxy) is 3. The zero-order valence-corrected chi connectivity index (χ0v) is 18.3. The van der Waals surface area contributed by atoms with E-state index >= 15 is 0 Å². The van der Waals surface area contributed by atoms with Crippen molar-refractivity contribution in [2.24, 2.45) is 36.3 Å². The van der Waals surface area contributed by atoms with Crippen molar-refractivity contribution in [1.29, 1.82) is 0 Å². The van der Waals surface area contributed by atoms with Crippen LogP contribution in [-0.2, 0) is 23.9 Å². The number of nitrogens with zero attached hydrogens (tertiary/aromatic N) is 6. The fourth-order valence-electron chi connectivity index (χ4n) is 2.76. The van der Waals surface area contributed by atoms with Crippen LogP contribution in [0.25, 0.3) is 0 Å². The highest BCUT2D eigenvalue weighted by Gasteiger charge is 2.30. The molecule has 0 saturated carbocycles. The first-order chi connectivity index (χ1) is 16.0. The average Bonchev–Trinajstić information content (AvgIpc) is 3.28. The van der Waals surface area contributed by atoms with Gasteiger partial charge in [-0.3, -0.25) is 19.4 Å². The number of esters is 2. The predicted octanol–water partition coefficient (Wildman–Crippen LogP) is 2.43. The maximum atomic E-state index is 12.3. The molecule has 0 radical (unpaired) electrons. The second kappa shape index (κ2) is 11.0. The maximum Gasteiger partial charge on any atom is 0.325 e. The summed E-state index contributed by atoms with van der Waals surface area (Å²) in [5, 5.41) is 10.8. The largest absolute Gasteiger partial charge is 0.493 e. The molecule has 0 aromatic heterocycles. The van der Waals surface area contributed by atoms with E-state index in [9.17, 15) is 14.4 Å². The Kier molecular flexibility index (Phi) is 7.84. The molecular formula is C21H22N6O6. The van der Waals surface area contributed by atoms with Crippen molar-refractivity contribution in [3.8, 4) is 5.75 Å². The molecule has 172 valence electrons. The Morgan fingerprint density at radius 3 is 2.45 bits per heavy atom. The summed E-state index contributed by atoms with van der Waals surface area (Å²) in [7, 11) is 0. The van der Waals surface area contributed by atoms with E-state index < -0.39 is 23.8 Å². The van der Waals surface area contributed by atoms with Crippen LogP contribution < -0.4 is 4.74 Å². The van der Waals surface area contributed by atoms with Crippen molar-refractivity contribution in [3.05, 3.63) is 23.8 Å². The van der Waals surface area contributed by atoms with Gasteiger partial charge in [0.05, 0.1) is 31.1 Å². The predicted molar refractivity (Wildman–Crippen MR) is 118 cm³/mol. The minimum atomic E-state index is -1.32. The maximum absolute atomic E-state index is 12.3. The molecule has 0 bridgehead atoms. The molecule has 0 saturated heterocycles. The Morgan fingerprint density at radius 1 is 1.06 bits per heavy atom. The number of hydrogen-bond donors (Lipinski definition) is 0. The summed E-state index contributed by atoms with van der Waals surface area (Å²) >= 11 is 0. The number of fused-ring (bicyclic) bond motifs is 1. The third-order valence-corrected chi connectivity index (χ3v) is 4.24. The lowest BCUT2D eigenvalue weighted by Crippen LogP contribution is -2.29. The molecule has 2 aliphatic rings. The molecule has 2 aliphatic heterocycles. The van der Waals surface area contributed by atoms with Crippen LogP contribution in [0.4, 0.5) is 5.69 Å². The van der Waals surface area contributed by atoms with Gasteiger partial charge >= 0.3 is 17.8 Å². The summed E-state index contributed by atoms with van der Waals surface area (Å²) in [4.78, 5) is 49.1. The van der Waals surface area contributed by atoms with Crippen LogP contribution in [-0.4, -0.2) is 61.3 Å². The number of aliphatic imine (C=N–C) groups is 3. The van der Waals surface area contributed by atoms with Crippen LogP contribution >= 0.6 is 0 Å². The van der Waals surface area contributed by atoms with E-state index in [1.807, 2.05) is 6.92 Å². The summed E-state index contributed by atoms with van der Waals surface area (Å²) < 4.78 is 15.6. The number of carbonyl (C=O) groups excluding carboxylic acids is 3. The summed E-state index contributed by atoms with van der Waals surface area (Å²) in [6.45, 7) is 5.85. The van der Waals surface area contributed by atoms with E-state index in [1.165, 1.54) is 0 Å². The molecule has 1 aromatic rings. The van der Waals surface area contributed by atoms with E-state index in [4.69, 9.17) is 14.2 Å². The van der Waals surface area contributed by atoms with Gasteiger partial charge in [0.25, 0.3) is 0 Å². The zero-order valence-electron chi connectivity index (χ0n) is 18.3. The summed E-state index contributed by atoms with van der Waals surface area (Å²) in [5.41, 5.74) is 0.704. The third-order valence-electron chi connectivity index (χ3n) is 4.24. The van der Waals surface area contributed by atoms with Crippen LogP contribution in [0.2, 0.25) is 0 Å². The molecule has 0 fully saturated rings. The monoisotopic (exact) mass is 454 g/mol. The number of carbonyl (C=O) groups is 3. The van der Waals surface area contributed by atoms with Gasteiger partial charge in [0.15, 0.2) is 11.8 Å². The topological polar surface area (TPSA) is 153 Å². The van der Waals surface area contributed by atoms with Gasteiger partial charge in [-0.05, 0) is 43.7 Å². The average molecular weight is 454 g/mol. The Bertz CT molecular complexity index is 1090. The number of rotatable bonds is 10. The summed E-state index contributed by atoms with van der Waals surface area (Å²) in [6.07, 6.45) is 1.91. The lowest BCUT2D eigenvalue weighted by Gasteiger charge is -2.13. The number of benzene rings is 1. The smallest absolute Gasteiger partial charge is 0.325 e. The molecule has 12 nitrogen and oxygen atoms in total. The van der Waals surface area contributed by atoms with Crippen molar-refractivity contribution >= 4 is 47.1 Å². The van der Waals surface area contributed by atoms with E-state index in [2.05, 4.69) is 30.4 Å². The Hall–Kier alpha value is -4.09. The highest BCUT2D eigenvalue weighted by molar-refractivity contribution is 6.69. The van der Waals surface area contributed by atoms with Crippen molar-refractivity contribution < 1.29 is 28.6 Å². The minimum absolute atomic E-state index is 0.0318. The highest BCUT2D eigenvalue weighted by atomic mass is 16.6. The molecule has 1 amide bonds. The SMILES string of the molecule is CCCOc1ccc(N=CC(C(=O)OCC)C(=O)OCC)cc1C1=NC(=O)C2=NN=NC2=N1. The van der Waals surface area contributed by atoms with Gasteiger partial charge in [-0.25, -0.2) is 4.99 Å². The van der Waals surface area contributed by atoms with E-state index in [0.717, 1.165) is 12.6 Å². The van der Waals surface area contributed by atoms with Crippen LogP contribution in [0.5, 0.6) is 5.75 Å². The fraction of sp³-hybridized carbons (Fsp3) is 0.381. The van der Waals surface area contributed by atoms with Gasteiger partial charge < -0.3 is 14.2 Å². The molecule has 0 atom stereocenters. The first-order valence-corrected chi connectivity index (χ1v) is 10.3. The number of amides is 1. The molecule has 12 heteroatoms. The molecule has 3 rings (SSSR count). The first-order valence-electron chi connectivity index (χ1n) is 10.3. The molecule has 2 heterocycles. The number of hydrogen-bond acceptors (Lipinski definition) is 11. The summed E-state index contributed by atoms with van der Waals surface area (Å²) in [5.74, 6) is -2.94. The number of amidine groups is 2. The Morgan fingerprint density at radius 2 is 1.79 bits per heavy atom. The molecule has 1 aromatic carbocycles. The van der Waals surface area contributed by atoms with Gasteiger partial charge in [-0.2, -0.15) is 4.99 Å². The zero-order chi connectivity index (χ0) is 23.8. The van der Waals surface area contributed by atoms with Crippen molar-refractivity contribution in [2.45, 2.75) is 27.2 Å². The van der Waals surface area contributed by atoms with Gasteiger partial charge in [-0.1, -0.05) is 6.92 Å². The van der Waals surface area contributed by atoms with Crippen molar-refractivity contribution in [1.82, 2.24) is 0 Å². The molecule has 0 spiro atoms. The van der Waals surface area contributed by atoms with Crippen molar-refractivity contribution in [3.63, 3.8) is 0 Å². The molecule has 0 aliphatic carbocycles. The lowest BCUT2D eigenvalue weighted by atomic mass is 10.1. The van der Waals surface area contributed by atoms with Crippen LogP contribution in [0.15, 0.2) is 48.6 Å². The standard InChI is InChI=1S/C21H22N6O6/c1-4-9-33-15-8-7-12(22-11-14(20(29)31-5-2)21(30)32-6-3)10-13(15)17-23-18-16(19(28)24-17)25-27-26-18/h7-8,10-11,14H,4-6,9H2,1-3H3. The van der Waals surface area contributed by atoms with E-state index in [0.29, 0.717) is 23.6 Å². The van der Waals surface area contributed by atoms with Crippen LogP contribution in [0, 0.1) is 5.92 Å². The Labute approximate surface area is 189 Å². The molecular weight excluding hydrogens is 432 g/mol. The molecule has 33 heavy (non-hydrogen) atoms. The molecule has 0 N–H and O–H groups in total. The highest BCUT2D eigenvalue weighted by Crippen LogP contribution is 2.27. The van der Waals surface area contributed by atoms with Crippen molar-refractivity contribution in [2.75, 3.05) is 19.8 Å². The van der Waals surface area contributed by atoms with Gasteiger partial charge in [0, 0.05) is 6.21 Å². The van der Waals surface area contributed by atoms with E-state index in [1.54, 1.807) is 32.0 Å². The second-order valence-electron chi connectivity index (χ2n) is 6.60. The van der Waals surface area contributed by atoms with E-state index in [-0.39, 0.29) is 30.6 Å². The quantitative estimate of drug-likeness (QED) is 0.301. The van der Waals surface area contributed by atoms with Crippen LogP contribution in [0.3, 0.4) is 0 Å². The van der Waals surface area contributed by atoms with Gasteiger partial charge in [-0.15, -0.1) is 10.2 Å². The molecule has 0 unspecified atom stereocenters. The van der Waals surface area contributed by atoms with Crippen LogP contribution in [0.1, 0.15) is 32.8 Å². The minimum Gasteiger partial charge on any atom is -0.493 e.